The first-order valence-corrected chi connectivity index (χ1v) is 14.0. The molecule has 35 heavy (non-hydrogen) atoms. The largest absolute Gasteiger partial charge is 0.490 e. The summed E-state index contributed by atoms with van der Waals surface area (Å²) in [6.45, 7) is 2.23. The van der Waals surface area contributed by atoms with Crippen molar-refractivity contribution in [2.45, 2.75) is 63.1 Å². The Bertz CT molecular complexity index is 1250. The van der Waals surface area contributed by atoms with Crippen molar-refractivity contribution in [2.75, 3.05) is 11.1 Å². The summed E-state index contributed by atoms with van der Waals surface area (Å²) >= 11 is 2.89. The molecule has 2 aliphatic rings. The molecule has 9 heteroatoms. The molecule has 182 valence electrons. The second-order valence-corrected chi connectivity index (χ2v) is 11.5. The lowest BCUT2D eigenvalue weighted by Gasteiger charge is -2.17. The number of rotatable bonds is 7. The molecule has 0 spiro atoms. The minimum atomic E-state index is -0.142. The van der Waals surface area contributed by atoms with Crippen molar-refractivity contribution in [3.63, 3.8) is 0 Å². The monoisotopic (exact) mass is 507 g/mol. The molecule has 1 fully saturated rings. The highest BCUT2D eigenvalue weighted by Gasteiger charge is 2.25. The molecule has 1 atom stereocenters. The Morgan fingerprint density at radius 2 is 2.03 bits per heavy atom. The average molecular weight is 508 g/mol. The van der Waals surface area contributed by atoms with E-state index in [9.17, 15) is 10.1 Å². The number of fused-ring (bicyclic) bond motifs is 1. The summed E-state index contributed by atoms with van der Waals surface area (Å²) in [5.74, 6) is 2.30. The van der Waals surface area contributed by atoms with Crippen LogP contribution in [0.4, 0.5) is 5.00 Å². The molecule has 1 N–H and O–H groups in total. The molecule has 7 nitrogen and oxygen atoms in total. The zero-order chi connectivity index (χ0) is 24.4. The molecule has 1 aromatic carbocycles. The van der Waals surface area contributed by atoms with Crippen molar-refractivity contribution in [1.29, 1.82) is 5.26 Å². The van der Waals surface area contributed by atoms with Crippen LogP contribution in [0.15, 0.2) is 29.4 Å². The van der Waals surface area contributed by atoms with Crippen molar-refractivity contribution in [1.82, 2.24) is 14.8 Å². The van der Waals surface area contributed by atoms with Gasteiger partial charge in [-0.3, -0.25) is 4.79 Å². The van der Waals surface area contributed by atoms with E-state index in [1.54, 1.807) is 11.3 Å². The normalized spacial score (nSPS) is 17.7. The number of carbonyl (C=O) groups is 1. The number of hydrogen-bond donors (Lipinski definition) is 1. The lowest BCUT2D eigenvalue weighted by Crippen LogP contribution is -2.14. The van der Waals surface area contributed by atoms with Crippen LogP contribution in [0, 0.1) is 17.2 Å². The van der Waals surface area contributed by atoms with Crippen LogP contribution in [-0.4, -0.2) is 32.5 Å². The fourth-order valence-electron chi connectivity index (χ4n) is 4.82. The molecule has 1 unspecified atom stereocenters. The molecule has 2 aliphatic carbocycles. The van der Waals surface area contributed by atoms with Crippen molar-refractivity contribution in [3.8, 4) is 23.2 Å². The molecule has 1 saturated carbocycles. The zero-order valence-corrected chi connectivity index (χ0v) is 21.7. The lowest BCUT2D eigenvalue weighted by molar-refractivity contribution is -0.113. The summed E-state index contributed by atoms with van der Waals surface area (Å²) in [7, 11) is 1.90. The molecular formula is C26H29N5O2S2. The summed E-state index contributed by atoms with van der Waals surface area (Å²) in [6.07, 6.45) is 8.06. The predicted molar refractivity (Wildman–Crippen MR) is 139 cm³/mol. The van der Waals surface area contributed by atoms with Gasteiger partial charge in [-0.15, -0.1) is 21.5 Å². The standard InChI is InChI=1S/C26H29N5O2S2/c1-16-7-12-20-21(14-27)25(35-22(20)13-16)28-23(32)15-34-26-30-29-24(31(26)2)17-8-10-19(11-9-17)33-18-5-3-4-6-18/h8-11,16,18H,3-7,12-13,15H2,1-2H3,(H,28,32). The molecule has 2 aromatic heterocycles. The van der Waals surface area contributed by atoms with Gasteiger partial charge in [0.25, 0.3) is 0 Å². The minimum absolute atomic E-state index is 0.142. The van der Waals surface area contributed by atoms with Crippen molar-refractivity contribution < 1.29 is 9.53 Å². The van der Waals surface area contributed by atoms with Gasteiger partial charge in [0.1, 0.15) is 16.8 Å². The van der Waals surface area contributed by atoms with Gasteiger partial charge in [0.05, 0.1) is 17.4 Å². The van der Waals surface area contributed by atoms with Crippen molar-refractivity contribution >= 4 is 34.0 Å². The van der Waals surface area contributed by atoms with E-state index in [-0.39, 0.29) is 11.7 Å². The van der Waals surface area contributed by atoms with E-state index < -0.39 is 0 Å². The van der Waals surface area contributed by atoms with Gasteiger partial charge in [0, 0.05) is 17.5 Å². The maximum Gasteiger partial charge on any atom is 0.235 e. The summed E-state index contributed by atoms with van der Waals surface area (Å²) in [5.41, 5.74) is 2.71. The Morgan fingerprint density at radius 1 is 1.26 bits per heavy atom. The van der Waals surface area contributed by atoms with Crippen LogP contribution in [0.25, 0.3) is 11.4 Å². The smallest absolute Gasteiger partial charge is 0.235 e. The number of hydrogen-bond acceptors (Lipinski definition) is 7. The Balaban J connectivity index is 1.20. The van der Waals surface area contributed by atoms with Gasteiger partial charge in [-0.05, 0) is 80.7 Å². The van der Waals surface area contributed by atoms with Crippen LogP contribution in [0.2, 0.25) is 0 Å². The Kier molecular flexibility index (Phi) is 7.12. The fourth-order valence-corrected chi connectivity index (χ4v) is 6.91. The van der Waals surface area contributed by atoms with E-state index in [0.717, 1.165) is 54.8 Å². The average Bonchev–Trinajstić information content (AvgIpc) is 3.57. The van der Waals surface area contributed by atoms with E-state index in [2.05, 4.69) is 28.5 Å². The van der Waals surface area contributed by atoms with Crippen LogP contribution in [0.5, 0.6) is 5.75 Å². The lowest BCUT2D eigenvalue weighted by atomic mass is 9.89. The minimum Gasteiger partial charge on any atom is -0.490 e. The highest BCUT2D eigenvalue weighted by Crippen LogP contribution is 2.39. The van der Waals surface area contributed by atoms with Gasteiger partial charge < -0.3 is 14.6 Å². The van der Waals surface area contributed by atoms with E-state index in [0.29, 0.717) is 27.7 Å². The number of nitrogens with zero attached hydrogens (tertiary/aromatic N) is 4. The number of thioether (sulfide) groups is 1. The number of ether oxygens (including phenoxy) is 1. The molecule has 2 heterocycles. The van der Waals surface area contributed by atoms with E-state index in [4.69, 9.17) is 4.74 Å². The third-order valence-corrected chi connectivity index (χ3v) is 8.95. The van der Waals surface area contributed by atoms with Gasteiger partial charge in [-0.25, -0.2) is 0 Å². The highest BCUT2D eigenvalue weighted by atomic mass is 32.2. The number of aromatic nitrogens is 3. The van der Waals surface area contributed by atoms with Crippen LogP contribution in [0.1, 0.15) is 55.0 Å². The number of carbonyl (C=O) groups excluding carboxylic acids is 1. The molecule has 5 rings (SSSR count). The third kappa shape index (κ3) is 5.24. The first-order chi connectivity index (χ1) is 17.0. The van der Waals surface area contributed by atoms with E-state index in [1.807, 2.05) is 35.9 Å². The quantitative estimate of drug-likeness (QED) is 0.419. The summed E-state index contributed by atoms with van der Waals surface area (Å²) < 4.78 is 7.95. The number of thiophene rings is 1. The van der Waals surface area contributed by atoms with Gasteiger partial charge in [-0.2, -0.15) is 5.26 Å². The van der Waals surface area contributed by atoms with Gasteiger partial charge in [-0.1, -0.05) is 18.7 Å². The van der Waals surface area contributed by atoms with Crippen LogP contribution < -0.4 is 10.1 Å². The Morgan fingerprint density at radius 3 is 2.77 bits per heavy atom. The number of nitriles is 1. The predicted octanol–water partition coefficient (Wildman–Crippen LogP) is 5.59. The molecule has 3 aromatic rings. The van der Waals surface area contributed by atoms with E-state index >= 15 is 0 Å². The SMILES string of the molecule is CC1CCc2c(sc(NC(=O)CSc3nnc(-c4ccc(OC5CCCC5)cc4)n3C)c2C#N)C1. The van der Waals surface area contributed by atoms with Gasteiger partial charge in [0.2, 0.25) is 5.91 Å². The Hall–Kier alpha value is -2.83. The summed E-state index contributed by atoms with van der Waals surface area (Å²) in [5, 5.41) is 22.6. The maximum absolute atomic E-state index is 12.7. The molecule has 0 saturated heterocycles. The molecule has 0 aliphatic heterocycles. The van der Waals surface area contributed by atoms with E-state index in [1.165, 1.54) is 29.5 Å². The molecule has 0 bridgehead atoms. The van der Waals surface area contributed by atoms with Gasteiger partial charge in [0.15, 0.2) is 11.0 Å². The fraction of sp³-hybridized carbons (Fsp3) is 0.462. The first-order valence-electron chi connectivity index (χ1n) is 12.2. The Labute approximate surface area is 213 Å². The van der Waals surface area contributed by atoms with Crippen LogP contribution >= 0.6 is 23.1 Å². The summed E-state index contributed by atoms with van der Waals surface area (Å²) in [4.78, 5) is 13.9. The van der Waals surface area contributed by atoms with Crippen LogP contribution in [-0.2, 0) is 24.7 Å². The third-order valence-electron chi connectivity index (χ3n) is 6.76. The number of benzene rings is 1. The topological polar surface area (TPSA) is 92.8 Å². The first kappa shape index (κ1) is 23.9. The number of anilines is 1. The number of amides is 1. The van der Waals surface area contributed by atoms with Crippen molar-refractivity contribution in [3.05, 3.63) is 40.3 Å². The maximum atomic E-state index is 12.7. The highest BCUT2D eigenvalue weighted by molar-refractivity contribution is 7.99. The zero-order valence-electron chi connectivity index (χ0n) is 20.0. The van der Waals surface area contributed by atoms with Gasteiger partial charge >= 0.3 is 0 Å². The molecule has 1 amide bonds. The molecular weight excluding hydrogens is 478 g/mol. The second-order valence-electron chi connectivity index (χ2n) is 9.42. The van der Waals surface area contributed by atoms with Crippen LogP contribution in [0.3, 0.4) is 0 Å². The second kappa shape index (κ2) is 10.4. The van der Waals surface area contributed by atoms with Crippen molar-refractivity contribution in [2.24, 2.45) is 13.0 Å². The molecule has 0 radical (unpaired) electrons. The summed E-state index contributed by atoms with van der Waals surface area (Å²) in [6, 6.07) is 10.3. The number of nitrogens with one attached hydrogen (secondary N) is 1.